The van der Waals surface area contributed by atoms with Crippen LogP contribution in [-0.2, 0) is 11.2 Å². The van der Waals surface area contributed by atoms with Crippen molar-refractivity contribution in [3.05, 3.63) is 84.7 Å². The molecular formula is C23H24N6O. The summed E-state index contributed by atoms with van der Waals surface area (Å²) in [5.41, 5.74) is 5.91. The Balaban J connectivity index is 1.34. The quantitative estimate of drug-likeness (QED) is 0.854. The van der Waals surface area contributed by atoms with Gasteiger partial charge in [0.15, 0.2) is 0 Å². The molecule has 2 aromatic rings. The van der Waals surface area contributed by atoms with E-state index in [4.69, 9.17) is 9.73 Å². The number of anilines is 1. The number of nitrogens with one attached hydrogen (secondary N) is 1. The van der Waals surface area contributed by atoms with Gasteiger partial charge in [-0.05, 0) is 30.2 Å². The van der Waals surface area contributed by atoms with Crippen molar-refractivity contribution in [3.8, 4) is 0 Å². The number of allylic oxidation sites excluding steroid dienone is 1. The van der Waals surface area contributed by atoms with Crippen molar-refractivity contribution in [2.45, 2.75) is 12.5 Å². The van der Waals surface area contributed by atoms with Crippen molar-refractivity contribution in [2.75, 3.05) is 31.1 Å². The molecule has 1 aromatic carbocycles. The smallest absolute Gasteiger partial charge is 0.203 e. The number of aliphatic imine (C=N–C) groups is 1. The van der Waals surface area contributed by atoms with Crippen LogP contribution in [0.5, 0.6) is 0 Å². The summed E-state index contributed by atoms with van der Waals surface area (Å²) in [5.74, 6) is 0.763. The van der Waals surface area contributed by atoms with Crippen LogP contribution in [0.1, 0.15) is 11.3 Å². The van der Waals surface area contributed by atoms with E-state index in [2.05, 4.69) is 62.5 Å². The number of benzene rings is 1. The van der Waals surface area contributed by atoms with Gasteiger partial charge in [0.05, 0.1) is 24.5 Å². The van der Waals surface area contributed by atoms with Crippen molar-refractivity contribution < 1.29 is 4.74 Å². The second-order valence-corrected chi connectivity index (χ2v) is 7.54. The number of ether oxygens (including phenoxy) is 1. The zero-order chi connectivity index (χ0) is 20.5. The van der Waals surface area contributed by atoms with Crippen LogP contribution in [0.25, 0.3) is 5.70 Å². The fourth-order valence-electron chi connectivity index (χ4n) is 4.10. The van der Waals surface area contributed by atoms with Gasteiger partial charge in [0.25, 0.3) is 0 Å². The van der Waals surface area contributed by atoms with Crippen molar-refractivity contribution in [3.63, 3.8) is 0 Å². The number of morpholine rings is 1. The van der Waals surface area contributed by atoms with Crippen LogP contribution in [-0.4, -0.2) is 53.2 Å². The van der Waals surface area contributed by atoms with Gasteiger partial charge in [-0.3, -0.25) is 0 Å². The fourth-order valence-corrected chi connectivity index (χ4v) is 4.10. The summed E-state index contributed by atoms with van der Waals surface area (Å²) >= 11 is 0. The lowest BCUT2D eigenvalue weighted by molar-refractivity contribution is 0.0137. The second-order valence-electron chi connectivity index (χ2n) is 7.54. The number of hydrogen-bond acceptors (Lipinski definition) is 7. The van der Waals surface area contributed by atoms with Gasteiger partial charge in [0.2, 0.25) is 5.96 Å². The molecule has 1 fully saturated rings. The molecule has 0 bridgehead atoms. The highest BCUT2D eigenvalue weighted by atomic mass is 16.5. The van der Waals surface area contributed by atoms with E-state index in [0.717, 1.165) is 48.3 Å². The number of hydrogen-bond donors (Lipinski definition) is 1. The van der Waals surface area contributed by atoms with Crippen LogP contribution in [0.4, 0.5) is 5.69 Å². The minimum atomic E-state index is -0.101. The third-order valence-electron chi connectivity index (χ3n) is 5.63. The zero-order valence-corrected chi connectivity index (χ0v) is 16.8. The maximum atomic E-state index is 6.10. The van der Waals surface area contributed by atoms with Crippen molar-refractivity contribution in [1.82, 2.24) is 20.2 Å². The summed E-state index contributed by atoms with van der Waals surface area (Å²) < 4.78 is 6.10. The first-order valence-electron chi connectivity index (χ1n) is 10.1. The van der Waals surface area contributed by atoms with Crippen LogP contribution < -0.4 is 10.2 Å². The Bertz CT molecular complexity index is 1040. The van der Waals surface area contributed by atoms with E-state index in [1.54, 1.807) is 6.20 Å². The molecule has 3 aliphatic heterocycles. The molecule has 4 heterocycles. The Morgan fingerprint density at radius 2 is 2.10 bits per heavy atom. The minimum absolute atomic E-state index is 0.101. The standard InChI is InChI=1S/C23H24N6O/c1-16-13-20(19-7-9-24-15-25-19)27-23(26-16)28-11-12-30-22(14-28)17(2)29-10-8-18-5-3-4-6-21(18)29/h3-7,9,13,15,22H,1-2,8,10-12,14H2,(H,26,27). The molecule has 1 saturated heterocycles. The van der Waals surface area contributed by atoms with E-state index >= 15 is 0 Å². The average molecular weight is 400 g/mol. The topological polar surface area (TPSA) is 65.9 Å². The number of guanidine groups is 1. The van der Waals surface area contributed by atoms with Gasteiger partial charge in [-0.1, -0.05) is 31.4 Å². The van der Waals surface area contributed by atoms with Crippen LogP contribution in [0.2, 0.25) is 0 Å². The van der Waals surface area contributed by atoms with Crippen LogP contribution >= 0.6 is 0 Å². The molecule has 0 amide bonds. The fraction of sp³-hybridized carbons (Fsp3) is 0.261. The van der Waals surface area contributed by atoms with Crippen molar-refractivity contribution in [2.24, 2.45) is 4.99 Å². The van der Waals surface area contributed by atoms with E-state index in [1.807, 2.05) is 12.1 Å². The number of fused-ring (bicyclic) bond motifs is 1. The summed E-state index contributed by atoms with van der Waals surface area (Å²) in [5, 5.41) is 3.29. The Kier molecular flexibility index (Phi) is 4.80. The summed E-state index contributed by atoms with van der Waals surface area (Å²) in [7, 11) is 0. The lowest BCUT2D eigenvalue weighted by atomic mass is 10.1. The Hall–Kier alpha value is -3.45. The first-order valence-corrected chi connectivity index (χ1v) is 10.1. The molecule has 30 heavy (non-hydrogen) atoms. The van der Waals surface area contributed by atoms with Gasteiger partial charge in [-0.2, -0.15) is 0 Å². The average Bonchev–Trinajstić information content (AvgIpc) is 3.23. The number of para-hydroxylation sites is 1. The highest BCUT2D eigenvalue weighted by molar-refractivity contribution is 5.90. The molecule has 5 rings (SSSR count). The molecule has 1 atom stereocenters. The molecule has 0 radical (unpaired) electrons. The van der Waals surface area contributed by atoms with Crippen LogP contribution in [0.3, 0.4) is 0 Å². The molecule has 0 aliphatic carbocycles. The van der Waals surface area contributed by atoms with Crippen molar-refractivity contribution >= 4 is 17.3 Å². The van der Waals surface area contributed by atoms with Gasteiger partial charge >= 0.3 is 0 Å². The van der Waals surface area contributed by atoms with Crippen molar-refractivity contribution in [1.29, 1.82) is 0 Å². The van der Waals surface area contributed by atoms with E-state index in [-0.39, 0.29) is 6.10 Å². The Morgan fingerprint density at radius 3 is 2.97 bits per heavy atom. The monoisotopic (exact) mass is 400 g/mol. The van der Waals surface area contributed by atoms with E-state index in [1.165, 1.54) is 17.6 Å². The highest BCUT2D eigenvalue weighted by Crippen LogP contribution is 2.32. The predicted octanol–water partition coefficient (Wildman–Crippen LogP) is 2.57. The van der Waals surface area contributed by atoms with Gasteiger partial charge < -0.3 is 19.9 Å². The molecule has 7 heteroatoms. The van der Waals surface area contributed by atoms with E-state index in [9.17, 15) is 0 Å². The summed E-state index contributed by atoms with van der Waals surface area (Å²) in [6, 6.07) is 10.4. The SMILES string of the molecule is C=C1C=C(c2ccncn2)N=C(N2CCOC(C(=C)N3CCc4ccccc43)C2)N1. The zero-order valence-electron chi connectivity index (χ0n) is 16.8. The first kappa shape index (κ1) is 18.6. The third-order valence-corrected chi connectivity index (χ3v) is 5.63. The molecule has 0 saturated carbocycles. The lowest BCUT2D eigenvalue weighted by Gasteiger charge is -2.38. The number of nitrogens with zero attached hydrogens (tertiary/aromatic N) is 5. The Morgan fingerprint density at radius 1 is 1.20 bits per heavy atom. The Labute approximate surface area is 176 Å². The van der Waals surface area contributed by atoms with Gasteiger partial charge in [-0.15, -0.1) is 0 Å². The summed E-state index contributed by atoms with van der Waals surface area (Å²) in [6.07, 6.45) is 6.07. The van der Waals surface area contributed by atoms with Gasteiger partial charge in [0, 0.05) is 36.4 Å². The largest absolute Gasteiger partial charge is 0.368 e. The normalized spacial score (nSPS) is 20.9. The summed E-state index contributed by atoms with van der Waals surface area (Å²) in [6.45, 7) is 11.4. The summed E-state index contributed by atoms with van der Waals surface area (Å²) in [4.78, 5) is 17.6. The molecule has 7 nitrogen and oxygen atoms in total. The third kappa shape index (κ3) is 3.48. The minimum Gasteiger partial charge on any atom is -0.368 e. The maximum absolute atomic E-state index is 6.10. The molecule has 1 aromatic heterocycles. The molecule has 152 valence electrons. The van der Waals surface area contributed by atoms with E-state index in [0.29, 0.717) is 13.2 Å². The van der Waals surface area contributed by atoms with E-state index < -0.39 is 0 Å². The second kappa shape index (κ2) is 7.76. The predicted molar refractivity (Wildman–Crippen MR) is 118 cm³/mol. The molecule has 1 unspecified atom stereocenters. The van der Waals surface area contributed by atoms with Crippen LogP contribution in [0.15, 0.2) is 78.5 Å². The van der Waals surface area contributed by atoms with Gasteiger partial charge in [-0.25, -0.2) is 15.0 Å². The lowest BCUT2D eigenvalue weighted by Crippen LogP contribution is -2.52. The molecule has 3 aliphatic rings. The highest BCUT2D eigenvalue weighted by Gasteiger charge is 2.31. The van der Waals surface area contributed by atoms with Crippen LogP contribution in [0, 0.1) is 0 Å². The number of rotatable bonds is 3. The number of aromatic nitrogens is 2. The first-order chi connectivity index (χ1) is 14.7. The van der Waals surface area contributed by atoms with Gasteiger partial charge in [0.1, 0.15) is 12.4 Å². The molecule has 0 spiro atoms. The molecular weight excluding hydrogens is 376 g/mol. The maximum Gasteiger partial charge on any atom is 0.203 e. The molecule has 1 N–H and O–H groups in total.